The van der Waals surface area contributed by atoms with Gasteiger partial charge in [-0.25, -0.2) is 4.98 Å². The number of hydrogen-bond acceptors (Lipinski definition) is 5. The van der Waals surface area contributed by atoms with Crippen LogP contribution in [0.2, 0.25) is 0 Å². The number of aryl methyl sites for hydroxylation is 1. The summed E-state index contributed by atoms with van der Waals surface area (Å²) in [5.41, 5.74) is 1.14. The molecular formula is C14H20N2O2S. The van der Waals surface area contributed by atoms with Crippen molar-refractivity contribution in [2.24, 2.45) is 0 Å². The van der Waals surface area contributed by atoms with Gasteiger partial charge in [0.25, 0.3) is 0 Å². The third kappa shape index (κ3) is 1.99. The Morgan fingerprint density at radius 2 is 2.21 bits per heavy atom. The van der Waals surface area contributed by atoms with Gasteiger partial charge in [-0.15, -0.1) is 0 Å². The van der Waals surface area contributed by atoms with E-state index in [-0.39, 0.29) is 6.10 Å². The van der Waals surface area contributed by atoms with Crippen molar-refractivity contribution in [3.63, 3.8) is 0 Å². The molecule has 19 heavy (non-hydrogen) atoms. The van der Waals surface area contributed by atoms with E-state index in [4.69, 9.17) is 9.72 Å². The third-order valence-electron chi connectivity index (χ3n) is 4.64. The predicted octanol–water partition coefficient (Wildman–Crippen LogP) is 2.27. The van der Waals surface area contributed by atoms with Crippen molar-refractivity contribution in [3.05, 3.63) is 10.6 Å². The number of ether oxygens (including phenoxy) is 1. The monoisotopic (exact) mass is 280 g/mol. The fraction of sp³-hybridized carbons (Fsp3) is 0.786. The smallest absolute Gasteiger partial charge is 0.186 e. The van der Waals surface area contributed by atoms with Crippen LogP contribution in [0, 0.1) is 0 Å². The molecule has 1 aliphatic heterocycles. The highest BCUT2D eigenvalue weighted by Gasteiger charge is 2.38. The highest BCUT2D eigenvalue weighted by atomic mass is 32.1. The summed E-state index contributed by atoms with van der Waals surface area (Å²) in [6, 6.07) is 0.512. The lowest BCUT2D eigenvalue weighted by Crippen LogP contribution is -2.48. The van der Waals surface area contributed by atoms with Gasteiger partial charge in [0.2, 0.25) is 0 Å². The molecule has 1 saturated carbocycles. The van der Waals surface area contributed by atoms with Crippen molar-refractivity contribution in [2.45, 2.75) is 56.8 Å². The summed E-state index contributed by atoms with van der Waals surface area (Å²) in [7, 11) is 0. The van der Waals surface area contributed by atoms with E-state index in [0.29, 0.717) is 12.1 Å². The fourth-order valence-corrected chi connectivity index (χ4v) is 4.89. The van der Waals surface area contributed by atoms with Gasteiger partial charge in [-0.1, -0.05) is 11.3 Å². The lowest BCUT2D eigenvalue weighted by Gasteiger charge is -2.37. The van der Waals surface area contributed by atoms with Crippen molar-refractivity contribution >= 4 is 16.5 Å². The van der Waals surface area contributed by atoms with Crippen LogP contribution < -0.4 is 4.90 Å². The standard InChI is InChI=1S/C14H20N2O2S/c17-11-5-1-3-9-13(11)19-14(15-9)16-7-8-18-12-6-2-4-10(12)16/h10-12,17H,1-8H2. The topological polar surface area (TPSA) is 45.6 Å². The number of anilines is 1. The molecule has 1 N–H and O–H groups in total. The highest BCUT2D eigenvalue weighted by molar-refractivity contribution is 7.15. The summed E-state index contributed by atoms with van der Waals surface area (Å²) < 4.78 is 5.86. The van der Waals surface area contributed by atoms with Crippen LogP contribution in [0.15, 0.2) is 0 Å². The van der Waals surface area contributed by atoms with E-state index in [0.717, 1.165) is 48.1 Å². The van der Waals surface area contributed by atoms with Gasteiger partial charge in [0.05, 0.1) is 35.4 Å². The van der Waals surface area contributed by atoms with Gasteiger partial charge >= 0.3 is 0 Å². The Hall–Kier alpha value is -0.650. The molecule has 3 aliphatic rings. The molecular weight excluding hydrogens is 260 g/mol. The molecule has 1 aromatic heterocycles. The molecule has 0 aromatic carbocycles. The van der Waals surface area contributed by atoms with Crippen molar-refractivity contribution in [1.82, 2.24) is 4.98 Å². The molecule has 5 heteroatoms. The first kappa shape index (κ1) is 12.1. The maximum absolute atomic E-state index is 10.1. The zero-order chi connectivity index (χ0) is 12.8. The normalized spacial score (nSPS) is 34.2. The zero-order valence-electron chi connectivity index (χ0n) is 11.0. The molecule has 104 valence electrons. The Morgan fingerprint density at radius 3 is 3.11 bits per heavy atom. The maximum Gasteiger partial charge on any atom is 0.186 e. The van der Waals surface area contributed by atoms with Crippen molar-refractivity contribution < 1.29 is 9.84 Å². The summed E-state index contributed by atoms with van der Waals surface area (Å²) >= 11 is 1.71. The highest BCUT2D eigenvalue weighted by Crippen LogP contribution is 2.40. The van der Waals surface area contributed by atoms with Gasteiger partial charge in [0, 0.05) is 6.54 Å². The molecule has 0 radical (unpaired) electrons. The number of aliphatic hydroxyl groups is 1. The first-order valence-corrected chi connectivity index (χ1v) is 8.20. The van der Waals surface area contributed by atoms with Gasteiger partial charge in [0.15, 0.2) is 5.13 Å². The molecule has 0 amide bonds. The number of fused-ring (bicyclic) bond motifs is 2. The Balaban J connectivity index is 1.64. The second kappa shape index (κ2) is 4.72. The molecule has 2 fully saturated rings. The molecule has 2 aliphatic carbocycles. The van der Waals surface area contributed by atoms with Gasteiger partial charge in [-0.05, 0) is 38.5 Å². The Kier molecular flexibility index (Phi) is 3.01. The van der Waals surface area contributed by atoms with Crippen molar-refractivity contribution in [2.75, 3.05) is 18.1 Å². The van der Waals surface area contributed by atoms with Crippen LogP contribution in [-0.2, 0) is 11.2 Å². The Bertz CT molecular complexity index is 476. The average Bonchev–Trinajstić information content (AvgIpc) is 3.05. The quantitative estimate of drug-likeness (QED) is 0.857. The first-order valence-electron chi connectivity index (χ1n) is 7.39. The SMILES string of the molecule is OC1CCCc2nc(N3CCOC4CCCC43)sc21. The van der Waals surface area contributed by atoms with E-state index in [9.17, 15) is 5.11 Å². The number of aromatic nitrogens is 1. The van der Waals surface area contributed by atoms with Gasteiger partial charge in [-0.2, -0.15) is 0 Å². The maximum atomic E-state index is 10.1. The number of morpholine rings is 1. The average molecular weight is 280 g/mol. The summed E-state index contributed by atoms with van der Waals surface area (Å²) in [4.78, 5) is 8.37. The van der Waals surface area contributed by atoms with Crippen LogP contribution in [0.1, 0.15) is 48.8 Å². The molecule has 3 atom stereocenters. The molecule has 4 nitrogen and oxygen atoms in total. The van der Waals surface area contributed by atoms with Crippen LogP contribution in [-0.4, -0.2) is 35.4 Å². The Morgan fingerprint density at radius 1 is 1.26 bits per heavy atom. The summed E-state index contributed by atoms with van der Waals surface area (Å²) in [5, 5.41) is 11.2. The van der Waals surface area contributed by atoms with Crippen LogP contribution >= 0.6 is 11.3 Å². The molecule has 3 unspecified atom stereocenters. The van der Waals surface area contributed by atoms with E-state index in [2.05, 4.69) is 4.90 Å². The van der Waals surface area contributed by atoms with E-state index in [1.54, 1.807) is 11.3 Å². The summed E-state index contributed by atoms with van der Waals surface area (Å²) in [6.45, 7) is 1.76. The number of rotatable bonds is 1. The third-order valence-corrected chi connectivity index (χ3v) is 5.87. The van der Waals surface area contributed by atoms with Crippen LogP contribution in [0.4, 0.5) is 5.13 Å². The molecule has 0 spiro atoms. The van der Waals surface area contributed by atoms with Crippen molar-refractivity contribution in [1.29, 1.82) is 0 Å². The van der Waals surface area contributed by atoms with E-state index < -0.39 is 0 Å². The fourth-order valence-electron chi connectivity index (χ4n) is 3.67. The minimum absolute atomic E-state index is 0.282. The van der Waals surface area contributed by atoms with Gasteiger partial charge in [0.1, 0.15) is 0 Å². The number of hydrogen-bond donors (Lipinski definition) is 1. The number of nitrogens with zero attached hydrogens (tertiary/aromatic N) is 2. The summed E-state index contributed by atoms with van der Waals surface area (Å²) in [6.07, 6.45) is 6.78. The molecule has 1 aromatic rings. The van der Waals surface area contributed by atoms with Crippen LogP contribution in [0.3, 0.4) is 0 Å². The van der Waals surface area contributed by atoms with E-state index in [1.165, 1.54) is 19.3 Å². The Labute approximate surface area is 117 Å². The van der Waals surface area contributed by atoms with E-state index >= 15 is 0 Å². The second-order valence-corrected chi connectivity index (χ2v) is 6.83. The van der Waals surface area contributed by atoms with Crippen LogP contribution in [0.5, 0.6) is 0 Å². The number of aliphatic hydroxyl groups excluding tert-OH is 1. The van der Waals surface area contributed by atoms with Crippen molar-refractivity contribution in [3.8, 4) is 0 Å². The lowest BCUT2D eigenvalue weighted by molar-refractivity contribution is 0.0256. The van der Waals surface area contributed by atoms with Gasteiger partial charge in [-0.3, -0.25) is 0 Å². The molecule has 1 saturated heterocycles. The first-order chi connectivity index (χ1) is 9.33. The predicted molar refractivity (Wildman–Crippen MR) is 74.7 cm³/mol. The van der Waals surface area contributed by atoms with E-state index in [1.807, 2.05) is 0 Å². The summed E-state index contributed by atoms with van der Waals surface area (Å²) in [5.74, 6) is 0. The van der Waals surface area contributed by atoms with Crippen LogP contribution in [0.25, 0.3) is 0 Å². The lowest BCUT2D eigenvalue weighted by atomic mass is 10.0. The second-order valence-electron chi connectivity index (χ2n) is 5.82. The zero-order valence-corrected chi connectivity index (χ0v) is 11.9. The molecule has 4 rings (SSSR count). The molecule has 2 heterocycles. The van der Waals surface area contributed by atoms with Gasteiger partial charge < -0.3 is 14.7 Å². The minimum atomic E-state index is -0.282. The minimum Gasteiger partial charge on any atom is -0.388 e. The number of thiazole rings is 1. The molecule has 0 bridgehead atoms. The largest absolute Gasteiger partial charge is 0.388 e.